The van der Waals surface area contributed by atoms with Crippen molar-refractivity contribution in [1.82, 2.24) is 0 Å². The van der Waals surface area contributed by atoms with E-state index in [4.69, 9.17) is 20.6 Å². The van der Waals surface area contributed by atoms with Gasteiger partial charge in [0.2, 0.25) is 6.29 Å². The Kier molecular flexibility index (Phi) is 5.87. The average Bonchev–Trinajstić information content (AvgIpc) is 2.37. The van der Waals surface area contributed by atoms with E-state index in [2.05, 4.69) is 0 Å². The van der Waals surface area contributed by atoms with Crippen molar-refractivity contribution in [2.24, 2.45) is 5.73 Å². The number of hydrogen-bond donors (Lipinski definition) is 2. The molecule has 5 nitrogen and oxygen atoms in total. The monoisotopic (exact) mass is 250 g/mol. The van der Waals surface area contributed by atoms with Crippen molar-refractivity contribution < 1.29 is 14.3 Å². The van der Waals surface area contributed by atoms with Crippen LogP contribution in [0, 0.1) is 5.41 Å². The number of benzene rings is 1. The maximum absolute atomic E-state index is 10.3. The Morgan fingerprint density at radius 2 is 2.11 bits per heavy atom. The van der Waals surface area contributed by atoms with E-state index in [1.54, 1.807) is 12.1 Å². The summed E-state index contributed by atoms with van der Waals surface area (Å²) in [4.78, 5) is 10.3. The molecule has 0 heterocycles. The molecule has 1 atom stereocenters. The number of nitrogens with two attached hydrogens (primary N) is 1. The Hall–Kier alpha value is -1.88. The summed E-state index contributed by atoms with van der Waals surface area (Å²) < 4.78 is 10.3. The highest BCUT2D eigenvalue weighted by Gasteiger charge is 2.08. The molecule has 1 rings (SSSR count). The maximum atomic E-state index is 10.3. The van der Waals surface area contributed by atoms with Gasteiger partial charge >= 0.3 is 0 Å². The van der Waals surface area contributed by atoms with Crippen molar-refractivity contribution in [2.75, 3.05) is 0 Å². The van der Waals surface area contributed by atoms with Crippen LogP contribution in [0.15, 0.2) is 24.3 Å². The lowest BCUT2D eigenvalue weighted by Crippen LogP contribution is -2.16. The molecule has 0 aromatic heterocycles. The highest BCUT2D eigenvalue weighted by atomic mass is 16.7. The Bertz CT molecular complexity index is 390. The van der Waals surface area contributed by atoms with Gasteiger partial charge < -0.3 is 15.2 Å². The third-order valence-corrected chi connectivity index (χ3v) is 2.43. The summed E-state index contributed by atoms with van der Waals surface area (Å²) in [5, 5.41) is 7.27. The third-order valence-electron chi connectivity index (χ3n) is 2.43. The molecule has 0 aliphatic rings. The van der Waals surface area contributed by atoms with Crippen LogP contribution in [0.2, 0.25) is 0 Å². The van der Waals surface area contributed by atoms with Gasteiger partial charge in [-0.15, -0.1) is 0 Å². The SMILES string of the molecule is CCCC(OC=O)OCc1ccc(C(=N)N)cc1. The van der Waals surface area contributed by atoms with Gasteiger partial charge in [0.1, 0.15) is 5.84 Å². The van der Waals surface area contributed by atoms with Crippen molar-refractivity contribution in [3.8, 4) is 0 Å². The van der Waals surface area contributed by atoms with E-state index in [1.807, 2.05) is 19.1 Å². The topological polar surface area (TPSA) is 85.4 Å². The van der Waals surface area contributed by atoms with Gasteiger partial charge in [-0.2, -0.15) is 0 Å². The van der Waals surface area contributed by atoms with E-state index in [0.717, 1.165) is 12.0 Å². The molecule has 0 bridgehead atoms. The number of amidine groups is 1. The van der Waals surface area contributed by atoms with Crippen LogP contribution >= 0.6 is 0 Å². The number of nitrogens with one attached hydrogen (secondary N) is 1. The summed E-state index contributed by atoms with van der Waals surface area (Å²) >= 11 is 0. The van der Waals surface area contributed by atoms with Crippen LogP contribution in [0.1, 0.15) is 30.9 Å². The van der Waals surface area contributed by atoms with E-state index in [9.17, 15) is 4.79 Å². The minimum Gasteiger partial charge on any atom is -0.438 e. The molecule has 98 valence electrons. The van der Waals surface area contributed by atoms with Crippen LogP contribution in [-0.2, 0) is 20.9 Å². The highest BCUT2D eigenvalue weighted by Crippen LogP contribution is 2.09. The van der Waals surface area contributed by atoms with E-state index < -0.39 is 6.29 Å². The zero-order chi connectivity index (χ0) is 13.4. The Morgan fingerprint density at radius 3 is 2.61 bits per heavy atom. The third kappa shape index (κ3) is 4.55. The second-order valence-corrected chi connectivity index (χ2v) is 3.87. The Morgan fingerprint density at radius 1 is 1.44 bits per heavy atom. The van der Waals surface area contributed by atoms with E-state index >= 15 is 0 Å². The van der Waals surface area contributed by atoms with Gasteiger partial charge in [0.25, 0.3) is 6.47 Å². The van der Waals surface area contributed by atoms with Crippen molar-refractivity contribution >= 4 is 12.3 Å². The van der Waals surface area contributed by atoms with Crippen molar-refractivity contribution in [2.45, 2.75) is 32.7 Å². The fraction of sp³-hybridized carbons (Fsp3) is 0.385. The molecule has 0 spiro atoms. The summed E-state index contributed by atoms with van der Waals surface area (Å²) in [5.74, 6) is 0.0376. The highest BCUT2D eigenvalue weighted by molar-refractivity contribution is 5.94. The molecule has 5 heteroatoms. The lowest BCUT2D eigenvalue weighted by Gasteiger charge is -2.15. The van der Waals surface area contributed by atoms with E-state index in [1.165, 1.54) is 0 Å². The number of carbonyl (C=O) groups is 1. The van der Waals surface area contributed by atoms with Gasteiger partial charge in [0.05, 0.1) is 6.61 Å². The molecule has 0 amide bonds. The van der Waals surface area contributed by atoms with Crippen LogP contribution in [0.25, 0.3) is 0 Å². The molecule has 0 saturated carbocycles. The summed E-state index contributed by atoms with van der Waals surface area (Å²) in [5.41, 5.74) is 6.97. The fourth-order valence-corrected chi connectivity index (χ4v) is 1.46. The lowest BCUT2D eigenvalue weighted by molar-refractivity contribution is -0.168. The standard InChI is InChI=1S/C13H18N2O3/c1-2-3-12(18-9-16)17-8-10-4-6-11(7-5-10)13(14)15/h4-7,9,12H,2-3,8H2,1H3,(H3,14,15). The number of rotatable bonds is 8. The molecule has 0 aliphatic heterocycles. The summed E-state index contributed by atoms with van der Waals surface area (Å²) in [6.45, 7) is 2.75. The first-order valence-electron chi connectivity index (χ1n) is 5.81. The first-order chi connectivity index (χ1) is 8.67. The molecular formula is C13H18N2O3. The summed E-state index contributed by atoms with van der Waals surface area (Å²) in [6.07, 6.45) is 1.05. The average molecular weight is 250 g/mol. The number of ether oxygens (including phenoxy) is 2. The molecule has 1 unspecified atom stereocenters. The van der Waals surface area contributed by atoms with Gasteiger partial charge in [0, 0.05) is 12.0 Å². The number of nitrogen functional groups attached to an aromatic ring is 1. The molecule has 3 N–H and O–H groups in total. The molecule has 1 aromatic carbocycles. The molecule has 0 radical (unpaired) electrons. The predicted octanol–water partition coefficient (Wildman–Crippen LogP) is 1.79. The minimum absolute atomic E-state index is 0.0376. The van der Waals surface area contributed by atoms with Crippen molar-refractivity contribution in [3.05, 3.63) is 35.4 Å². The van der Waals surface area contributed by atoms with Gasteiger partial charge in [-0.3, -0.25) is 10.2 Å². The molecule has 1 aromatic rings. The van der Waals surface area contributed by atoms with E-state index in [0.29, 0.717) is 25.1 Å². The second kappa shape index (κ2) is 7.45. The second-order valence-electron chi connectivity index (χ2n) is 3.87. The van der Waals surface area contributed by atoms with Crippen LogP contribution in [0.3, 0.4) is 0 Å². The number of carbonyl (C=O) groups excluding carboxylic acids is 1. The zero-order valence-electron chi connectivity index (χ0n) is 10.4. The van der Waals surface area contributed by atoms with E-state index in [-0.39, 0.29) is 5.84 Å². The number of hydrogen-bond acceptors (Lipinski definition) is 4. The van der Waals surface area contributed by atoms with Crippen molar-refractivity contribution in [1.29, 1.82) is 5.41 Å². The zero-order valence-corrected chi connectivity index (χ0v) is 10.4. The summed E-state index contributed by atoms with van der Waals surface area (Å²) in [6, 6.07) is 7.19. The van der Waals surface area contributed by atoms with Gasteiger partial charge in [-0.1, -0.05) is 37.6 Å². The quantitative estimate of drug-likeness (QED) is 0.319. The minimum atomic E-state index is -0.500. The van der Waals surface area contributed by atoms with Gasteiger partial charge in [-0.25, -0.2) is 0 Å². The maximum Gasteiger partial charge on any atom is 0.295 e. The molecule has 0 saturated heterocycles. The largest absolute Gasteiger partial charge is 0.438 e. The van der Waals surface area contributed by atoms with Crippen LogP contribution in [0.4, 0.5) is 0 Å². The Balaban J connectivity index is 2.51. The normalized spacial score (nSPS) is 11.8. The van der Waals surface area contributed by atoms with Crippen LogP contribution in [-0.4, -0.2) is 18.6 Å². The molecular weight excluding hydrogens is 232 g/mol. The molecule has 0 fully saturated rings. The summed E-state index contributed by atoms with van der Waals surface area (Å²) in [7, 11) is 0. The molecule has 18 heavy (non-hydrogen) atoms. The first-order valence-corrected chi connectivity index (χ1v) is 5.81. The predicted molar refractivity (Wildman–Crippen MR) is 68.1 cm³/mol. The lowest BCUT2D eigenvalue weighted by atomic mass is 10.1. The smallest absolute Gasteiger partial charge is 0.295 e. The van der Waals surface area contributed by atoms with Gasteiger partial charge in [0.15, 0.2) is 0 Å². The van der Waals surface area contributed by atoms with Crippen molar-refractivity contribution in [3.63, 3.8) is 0 Å². The van der Waals surface area contributed by atoms with Crippen LogP contribution in [0.5, 0.6) is 0 Å². The van der Waals surface area contributed by atoms with Crippen LogP contribution < -0.4 is 5.73 Å². The Labute approximate surface area is 106 Å². The van der Waals surface area contributed by atoms with Gasteiger partial charge in [-0.05, 0) is 5.56 Å². The fourth-order valence-electron chi connectivity index (χ4n) is 1.46. The molecule has 0 aliphatic carbocycles. The first kappa shape index (κ1) is 14.2.